The summed E-state index contributed by atoms with van der Waals surface area (Å²) in [6.45, 7) is 0. The molecule has 3 heterocycles. The Morgan fingerprint density at radius 1 is 0.857 bits per heavy atom. The molecule has 0 unspecified atom stereocenters. The lowest BCUT2D eigenvalue weighted by molar-refractivity contribution is 0.0692. The number of carboxylic acid groups (broad SMARTS) is 1. The summed E-state index contributed by atoms with van der Waals surface area (Å²) < 4.78 is 0. The Kier molecular flexibility index (Phi) is 3.26. The second kappa shape index (κ2) is 5.68. The van der Waals surface area contributed by atoms with E-state index in [1.54, 1.807) is 30.5 Å². The fourth-order valence-electron chi connectivity index (χ4n) is 3.70. The number of carbonyl (C=O) groups is 1. The monoisotopic (exact) mass is 373 g/mol. The molecule has 0 aliphatic rings. The van der Waals surface area contributed by atoms with Crippen LogP contribution in [0.25, 0.3) is 44.2 Å². The maximum absolute atomic E-state index is 11.9. The lowest BCUT2D eigenvalue weighted by Gasteiger charge is -1.99. The predicted molar refractivity (Wildman–Crippen MR) is 106 cm³/mol. The third-order valence-corrected chi connectivity index (χ3v) is 4.94. The number of fused-ring (bicyclic) bond motifs is 2. The Morgan fingerprint density at radius 2 is 1.68 bits per heavy atom. The van der Waals surface area contributed by atoms with Crippen LogP contribution in [0.1, 0.15) is 10.5 Å². The highest BCUT2D eigenvalue weighted by Gasteiger charge is 2.23. The van der Waals surface area contributed by atoms with Gasteiger partial charge in [0.15, 0.2) is 5.88 Å². The van der Waals surface area contributed by atoms with Crippen molar-refractivity contribution in [2.45, 2.75) is 0 Å². The molecular weight excluding hydrogens is 358 g/mol. The lowest BCUT2D eigenvalue weighted by atomic mass is 10.0. The van der Waals surface area contributed by atoms with Crippen LogP contribution in [-0.2, 0) is 0 Å². The van der Waals surface area contributed by atoms with Gasteiger partial charge >= 0.3 is 5.97 Å². The van der Waals surface area contributed by atoms with Crippen LogP contribution >= 0.6 is 0 Å². The Labute approximate surface area is 157 Å². The van der Waals surface area contributed by atoms with Crippen molar-refractivity contribution >= 4 is 27.8 Å². The van der Waals surface area contributed by atoms with Crippen LogP contribution in [0.15, 0.2) is 54.7 Å². The topological polar surface area (TPSA) is 125 Å². The summed E-state index contributed by atoms with van der Waals surface area (Å²) in [7, 11) is 0. The number of H-pyrrole nitrogens is 3. The molecule has 5 rings (SSSR count). The molecule has 0 saturated heterocycles. The molecule has 0 aliphatic carbocycles. The number of phenolic OH excluding ortho intramolecular Hbond substituents is 1. The summed E-state index contributed by atoms with van der Waals surface area (Å²) in [6, 6.07) is 13.9. The highest BCUT2D eigenvalue weighted by Crippen LogP contribution is 2.41. The summed E-state index contributed by atoms with van der Waals surface area (Å²) >= 11 is 0. The van der Waals surface area contributed by atoms with Gasteiger partial charge in [0, 0.05) is 44.8 Å². The first kappa shape index (κ1) is 16.1. The van der Waals surface area contributed by atoms with Crippen molar-refractivity contribution in [1.29, 1.82) is 0 Å². The molecular formula is C21H15N3O4. The lowest BCUT2D eigenvalue weighted by Crippen LogP contribution is -1.98. The maximum atomic E-state index is 11.9. The standard InChI is InChI=1S/C21H15N3O4/c25-10-5-6-15-12(7-10)14(9-22-15)17-8-13(19(23-17)21(27)28)18-11-3-1-2-4-16(11)24-20(18)26/h1-9,22-26H,(H,27,28). The van der Waals surface area contributed by atoms with Gasteiger partial charge in [-0.3, -0.25) is 0 Å². The Morgan fingerprint density at radius 3 is 2.50 bits per heavy atom. The van der Waals surface area contributed by atoms with Gasteiger partial charge in [-0.15, -0.1) is 0 Å². The zero-order valence-electron chi connectivity index (χ0n) is 14.4. The van der Waals surface area contributed by atoms with Crippen molar-refractivity contribution in [3.05, 3.63) is 60.4 Å². The zero-order chi connectivity index (χ0) is 19.4. The largest absolute Gasteiger partial charge is 0.508 e. The molecule has 0 bridgehead atoms. The number of aromatic carboxylic acids is 1. The molecule has 0 aliphatic heterocycles. The van der Waals surface area contributed by atoms with Gasteiger partial charge in [-0.1, -0.05) is 18.2 Å². The summed E-state index contributed by atoms with van der Waals surface area (Å²) in [5, 5.41) is 31.5. The first-order valence-electron chi connectivity index (χ1n) is 8.60. The number of benzene rings is 2. The first-order chi connectivity index (χ1) is 13.5. The molecule has 0 atom stereocenters. The minimum absolute atomic E-state index is 0.0236. The van der Waals surface area contributed by atoms with Crippen molar-refractivity contribution in [2.75, 3.05) is 0 Å². The maximum Gasteiger partial charge on any atom is 0.352 e. The van der Waals surface area contributed by atoms with E-state index in [1.165, 1.54) is 0 Å². The SMILES string of the molecule is O=C(O)c1[nH]c(-c2c[nH]c3ccc(O)cc23)cc1-c1c(O)[nH]c2ccccc12. The molecule has 7 heteroatoms. The fourth-order valence-corrected chi connectivity index (χ4v) is 3.70. The molecule has 7 nitrogen and oxygen atoms in total. The van der Waals surface area contributed by atoms with Gasteiger partial charge in [-0.05, 0) is 30.3 Å². The van der Waals surface area contributed by atoms with Crippen molar-refractivity contribution in [1.82, 2.24) is 15.0 Å². The van der Waals surface area contributed by atoms with Gasteiger partial charge in [0.25, 0.3) is 0 Å². The van der Waals surface area contributed by atoms with Crippen LogP contribution in [0.3, 0.4) is 0 Å². The van der Waals surface area contributed by atoms with E-state index in [2.05, 4.69) is 15.0 Å². The quantitative estimate of drug-likeness (QED) is 0.280. The summed E-state index contributed by atoms with van der Waals surface area (Å²) in [4.78, 5) is 20.8. The van der Waals surface area contributed by atoms with E-state index in [1.807, 2.05) is 24.3 Å². The molecule has 6 N–H and O–H groups in total. The third kappa shape index (κ3) is 2.26. The number of para-hydroxylation sites is 1. The smallest absolute Gasteiger partial charge is 0.352 e. The predicted octanol–water partition coefficient (Wildman–Crippen LogP) is 4.42. The number of phenols is 1. The number of aromatic nitrogens is 3. The van der Waals surface area contributed by atoms with E-state index in [0.29, 0.717) is 22.3 Å². The minimum atomic E-state index is -1.13. The van der Waals surface area contributed by atoms with Gasteiger partial charge in [-0.25, -0.2) is 4.79 Å². The van der Waals surface area contributed by atoms with Crippen molar-refractivity contribution in [2.24, 2.45) is 0 Å². The van der Waals surface area contributed by atoms with Crippen LogP contribution in [0.4, 0.5) is 0 Å². The van der Waals surface area contributed by atoms with Crippen LogP contribution < -0.4 is 0 Å². The summed E-state index contributed by atoms with van der Waals surface area (Å²) in [6.07, 6.45) is 1.75. The summed E-state index contributed by atoms with van der Waals surface area (Å²) in [5.41, 5.74) is 3.60. The van der Waals surface area contributed by atoms with Crippen LogP contribution in [0.2, 0.25) is 0 Å². The average Bonchev–Trinajstić information content (AvgIpc) is 3.34. The Balaban J connectivity index is 1.78. The zero-order valence-corrected chi connectivity index (χ0v) is 14.4. The number of rotatable bonds is 3. The molecule has 28 heavy (non-hydrogen) atoms. The number of aromatic hydroxyl groups is 2. The van der Waals surface area contributed by atoms with Gasteiger partial charge in [0.2, 0.25) is 0 Å². The van der Waals surface area contributed by atoms with Crippen LogP contribution in [-0.4, -0.2) is 36.2 Å². The van der Waals surface area contributed by atoms with E-state index in [-0.39, 0.29) is 17.3 Å². The number of aromatic amines is 3. The molecule has 0 radical (unpaired) electrons. The second-order valence-corrected chi connectivity index (χ2v) is 6.60. The molecule has 0 amide bonds. The van der Waals surface area contributed by atoms with Gasteiger partial charge in [-0.2, -0.15) is 0 Å². The molecule has 0 saturated carbocycles. The molecule has 3 aromatic heterocycles. The summed E-state index contributed by atoms with van der Waals surface area (Å²) in [5.74, 6) is -1.10. The van der Waals surface area contributed by atoms with Crippen LogP contribution in [0, 0.1) is 0 Å². The molecule has 2 aromatic carbocycles. The number of carboxylic acids is 1. The normalized spacial score (nSPS) is 11.4. The van der Waals surface area contributed by atoms with E-state index < -0.39 is 5.97 Å². The van der Waals surface area contributed by atoms with E-state index in [4.69, 9.17) is 0 Å². The van der Waals surface area contributed by atoms with Gasteiger partial charge in [0.05, 0.1) is 5.56 Å². The highest BCUT2D eigenvalue weighted by atomic mass is 16.4. The van der Waals surface area contributed by atoms with E-state index in [0.717, 1.165) is 21.9 Å². The Bertz CT molecular complexity index is 1370. The molecule has 0 fully saturated rings. The van der Waals surface area contributed by atoms with Crippen LogP contribution in [0.5, 0.6) is 11.6 Å². The van der Waals surface area contributed by atoms with Gasteiger partial charge < -0.3 is 30.3 Å². The molecule has 5 aromatic rings. The van der Waals surface area contributed by atoms with E-state index >= 15 is 0 Å². The third-order valence-electron chi connectivity index (χ3n) is 4.94. The Hall–Kier alpha value is -4.13. The number of hydrogen-bond donors (Lipinski definition) is 6. The average molecular weight is 373 g/mol. The molecule has 0 spiro atoms. The first-order valence-corrected chi connectivity index (χ1v) is 8.60. The van der Waals surface area contributed by atoms with Crippen molar-refractivity contribution < 1.29 is 20.1 Å². The van der Waals surface area contributed by atoms with E-state index in [9.17, 15) is 20.1 Å². The minimum Gasteiger partial charge on any atom is -0.508 e. The van der Waals surface area contributed by atoms with Gasteiger partial charge in [0.1, 0.15) is 11.4 Å². The number of hydrogen-bond acceptors (Lipinski definition) is 3. The highest BCUT2D eigenvalue weighted by molar-refractivity contribution is 6.07. The van der Waals surface area contributed by atoms with Crippen molar-refractivity contribution in [3.8, 4) is 34.0 Å². The number of nitrogens with one attached hydrogen (secondary N) is 3. The second-order valence-electron chi connectivity index (χ2n) is 6.60. The molecule has 138 valence electrons. The van der Waals surface area contributed by atoms with Crippen molar-refractivity contribution in [3.63, 3.8) is 0 Å². The fraction of sp³-hybridized carbons (Fsp3) is 0.